The second-order valence-electron chi connectivity index (χ2n) is 4.04. The van der Waals surface area contributed by atoms with Gasteiger partial charge in [-0.2, -0.15) is 0 Å². The van der Waals surface area contributed by atoms with Crippen molar-refractivity contribution < 1.29 is 4.74 Å². The first-order valence-electron chi connectivity index (χ1n) is 6.08. The maximum absolute atomic E-state index is 5.58. The zero-order chi connectivity index (χ0) is 11.6. The Hall–Kier alpha value is -1.09. The third-order valence-corrected chi connectivity index (χ3v) is 2.50. The Labute approximate surface area is 98.0 Å². The molecule has 90 valence electrons. The highest BCUT2D eigenvalue weighted by Gasteiger charge is 1.94. The summed E-state index contributed by atoms with van der Waals surface area (Å²) in [6, 6.07) is 3.94. The van der Waals surface area contributed by atoms with E-state index in [-0.39, 0.29) is 0 Å². The van der Waals surface area contributed by atoms with E-state index in [1.54, 1.807) is 6.20 Å². The van der Waals surface area contributed by atoms with Crippen molar-refractivity contribution >= 4 is 0 Å². The van der Waals surface area contributed by atoms with Crippen LogP contribution in [0.5, 0.6) is 5.75 Å². The molecule has 1 aromatic heterocycles. The number of aryl methyl sites for hydroxylation is 1. The van der Waals surface area contributed by atoms with E-state index in [0.29, 0.717) is 0 Å². The minimum Gasteiger partial charge on any atom is -0.492 e. The SMILES string of the molecule is Cc1ccc(OCCCCCCCN)cn1. The van der Waals surface area contributed by atoms with Gasteiger partial charge >= 0.3 is 0 Å². The predicted molar refractivity (Wildman–Crippen MR) is 66.6 cm³/mol. The summed E-state index contributed by atoms with van der Waals surface area (Å²) in [7, 11) is 0. The number of hydrogen-bond donors (Lipinski definition) is 1. The van der Waals surface area contributed by atoms with Crippen LogP contribution < -0.4 is 10.5 Å². The van der Waals surface area contributed by atoms with Crippen LogP contribution in [0.4, 0.5) is 0 Å². The van der Waals surface area contributed by atoms with E-state index < -0.39 is 0 Å². The van der Waals surface area contributed by atoms with Gasteiger partial charge < -0.3 is 10.5 Å². The Bertz CT molecular complexity index is 272. The molecule has 3 heteroatoms. The van der Waals surface area contributed by atoms with Crippen molar-refractivity contribution in [2.75, 3.05) is 13.2 Å². The number of nitrogens with two attached hydrogens (primary N) is 1. The topological polar surface area (TPSA) is 48.1 Å². The Morgan fingerprint density at radius 1 is 1.12 bits per heavy atom. The van der Waals surface area contributed by atoms with E-state index >= 15 is 0 Å². The molecule has 0 atom stereocenters. The van der Waals surface area contributed by atoms with Gasteiger partial charge in [0.05, 0.1) is 12.8 Å². The monoisotopic (exact) mass is 222 g/mol. The molecule has 2 N–H and O–H groups in total. The first kappa shape index (κ1) is 13.0. The lowest BCUT2D eigenvalue weighted by atomic mass is 10.1. The van der Waals surface area contributed by atoms with Crippen LogP contribution in [0, 0.1) is 6.92 Å². The number of nitrogens with zero attached hydrogens (tertiary/aromatic N) is 1. The number of pyridine rings is 1. The lowest BCUT2D eigenvalue weighted by molar-refractivity contribution is 0.303. The summed E-state index contributed by atoms with van der Waals surface area (Å²) >= 11 is 0. The van der Waals surface area contributed by atoms with E-state index in [0.717, 1.165) is 37.4 Å². The van der Waals surface area contributed by atoms with Crippen LogP contribution >= 0.6 is 0 Å². The lowest BCUT2D eigenvalue weighted by Crippen LogP contribution is -1.99. The van der Waals surface area contributed by atoms with Gasteiger partial charge in [0.25, 0.3) is 0 Å². The first-order chi connectivity index (χ1) is 7.83. The molecule has 0 aliphatic rings. The van der Waals surface area contributed by atoms with Crippen molar-refractivity contribution in [3.8, 4) is 5.75 Å². The lowest BCUT2D eigenvalue weighted by Gasteiger charge is -2.05. The Balaban J connectivity index is 2.01. The zero-order valence-electron chi connectivity index (χ0n) is 10.1. The van der Waals surface area contributed by atoms with Crippen LogP contribution in [0.2, 0.25) is 0 Å². The summed E-state index contributed by atoms with van der Waals surface area (Å²) in [6.45, 7) is 3.57. The second kappa shape index (κ2) is 8.11. The number of unbranched alkanes of at least 4 members (excludes halogenated alkanes) is 4. The average Bonchev–Trinajstić information content (AvgIpc) is 2.30. The predicted octanol–water partition coefficient (Wildman–Crippen LogP) is 2.68. The van der Waals surface area contributed by atoms with Crippen molar-refractivity contribution in [3.63, 3.8) is 0 Å². The fourth-order valence-electron chi connectivity index (χ4n) is 1.51. The molecule has 3 nitrogen and oxygen atoms in total. The standard InChI is InChI=1S/C13H22N2O/c1-12-7-8-13(11-15-12)16-10-6-4-2-3-5-9-14/h7-8,11H,2-6,9-10,14H2,1H3. The molecule has 0 spiro atoms. The van der Waals surface area contributed by atoms with Gasteiger partial charge in [0.2, 0.25) is 0 Å². The van der Waals surface area contributed by atoms with Gasteiger partial charge in [0.1, 0.15) is 5.75 Å². The van der Waals surface area contributed by atoms with Crippen molar-refractivity contribution in [1.29, 1.82) is 0 Å². The minimum atomic E-state index is 0.785. The molecule has 1 rings (SSSR count). The third kappa shape index (κ3) is 5.71. The molecule has 0 saturated heterocycles. The van der Waals surface area contributed by atoms with Gasteiger partial charge in [-0.3, -0.25) is 4.98 Å². The van der Waals surface area contributed by atoms with E-state index in [4.69, 9.17) is 10.5 Å². The van der Waals surface area contributed by atoms with Crippen molar-refractivity contribution in [2.45, 2.75) is 39.0 Å². The van der Waals surface area contributed by atoms with Gasteiger partial charge in [-0.15, -0.1) is 0 Å². The number of aromatic nitrogens is 1. The van der Waals surface area contributed by atoms with Crippen molar-refractivity contribution in [2.24, 2.45) is 5.73 Å². The van der Waals surface area contributed by atoms with Crippen LogP contribution in [0.25, 0.3) is 0 Å². The summed E-state index contributed by atoms with van der Waals surface area (Å²) in [6.07, 6.45) is 7.75. The van der Waals surface area contributed by atoms with Gasteiger partial charge in [-0.1, -0.05) is 19.3 Å². The smallest absolute Gasteiger partial charge is 0.137 e. The summed E-state index contributed by atoms with van der Waals surface area (Å²) in [4.78, 5) is 4.18. The molecule has 0 saturated carbocycles. The fourth-order valence-corrected chi connectivity index (χ4v) is 1.51. The largest absolute Gasteiger partial charge is 0.492 e. The van der Waals surface area contributed by atoms with Crippen LogP contribution in [0.3, 0.4) is 0 Å². The quantitative estimate of drug-likeness (QED) is 0.688. The van der Waals surface area contributed by atoms with E-state index in [1.165, 1.54) is 19.3 Å². The highest BCUT2D eigenvalue weighted by molar-refractivity contribution is 5.18. The molecule has 0 aromatic carbocycles. The minimum absolute atomic E-state index is 0.785. The van der Waals surface area contributed by atoms with Crippen LogP contribution in [0.1, 0.15) is 37.8 Å². The van der Waals surface area contributed by atoms with Gasteiger partial charge in [-0.05, 0) is 38.4 Å². The first-order valence-corrected chi connectivity index (χ1v) is 6.08. The van der Waals surface area contributed by atoms with Crippen LogP contribution in [0.15, 0.2) is 18.3 Å². The zero-order valence-corrected chi connectivity index (χ0v) is 10.1. The molecule has 0 radical (unpaired) electrons. The molecule has 0 amide bonds. The molecule has 0 fully saturated rings. The van der Waals surface area contributed by atoms with Crippen LogP contribution in [-0.2, 0) is 0 Å². The maximum Gasteiger partial charge on any atom is 0.137 e. The summed E-state index contributed by atoms with van der Waals surface area (Å²) < 4.78 is 5.58. The average molecular weight is 222 g/mol. The molecule has 0 bridgehead atoms. The molecule has 16 heavy (non-hydrogen) atoms. The van der Waals surface area contributed by atoms with Gasteiger partial charge in [0.15, 0.2) is 0 Å². The fraction of sp³-hybridized carbons (Fsp3) is 0.615. The highest BCUT2D eigenvalue weighted by atomic mass is 16.5. The van der Waals surface area contributed by atoms with Crippen LogP contribution in [-0.4, -0.2) is 18.1 Å². The van der Waals surface area contributed by atoms with E-state index in [2.05, 4.69) is 4.98 Å². The summed E-state index contributed by atoms with van der Waals surface area (Å²) in [5, 5.41) is 0. The van der Waals surface area contributed by atoms with E-state index in [9.17, 15) is 0 Å². The Kier molecular flexibility index (Phi) is 6.58. The number of ether oxygens (including phenoxy) is 1. The number of rotatable bonds is 8. The Morgan fingerprint density at radius 2 is 1.88 bits per heavy atom. The third-order valence-electron chi connectivity index (χ3n) is 2.50. The molecular weight excluding hydrogens is 200 g/mol. The normalized spacial score (nSPS) is 10.4. The Morgan fingerprint density at radius 3 is 2.56 bits per heavy atom. The molecule has 1 heterocycles. The summed E-state index contributed by atoms with van der Waals surface area (Å²) in [5.74, 6) is 0.868. The van der Waals surface area contributed by atoms with Gasteiger partial charge in [0, 0.05) is 5.69 Å². The molecule has 1 aromatic rings. The maximum atomic E-state index is 5.58. The summed E-state index contributed by atoms with van der Waals surface area (Å²) in [5.41, 5.74) is 6.45. The van der Waals surface area contributed by atoms with Crippen molar-refractivity contribution in [3.05, 3.63) is 24.0 Å². The van der Waals surface area contributed by atoms with Gasteiger partial charge in [-0.25, -0.2) is 0 Å². The molecule has 0 aliphatic heterocycles. The molecular formula is C13H22N2O. The molecule has 0 unspecified atom stereocenters. The highest BCUT2D eigenvalue weighted by Crippen LogP contribution is 2.10. The van der Waals surface area contributed by atoms with E-state index in [1.807, 2.05) is 19.1 Å². The number of hydrogen-bond acceptors (Lipinski definition) is 3. The second-order valence-corrected chi connectivity index (χ2v) is 4.04. The van der Waals surface area contributed by atoms with Crippen molar-refractivity contribution in [1.82, 2.24) is 4.98 Å². The molecule has 0 aliphatic carbocycles.